The number of nitrogens with zero attached hydrogens (tertiary/aromatic N) is 6. The number of fused-ring (bicyclic) bond motifs is 1. The third-order valence-corrected chi connectivity index (χ3v) is 6.26. The van der Waals surface area contributed by atoms with E-state index >= 15 is 0 Å². The molecule has 7 nitrogen and oxygen atoms in total. The lowest BCUT2D eigenvalue weighted by Gasteiger charge is -2.31. The molecule has 0 amide bonds. The molecule has 0 unspecified atom stereocenters. The SMILES string of the molecule is N#CCN1CCC[C@@H](n2cnc3c(C4CC4)c(-c4ccc(C(F)(F)F)cc4O)nnc32)C1. The Labute approximate surface area is 182 Å². The molecule has 0 radical (unpaired) electrons. The number of likely N-dealkylation sites (tertiary alicyclic amines) is 1. The zero-order chi connectivity index (χ0) is 22.5. The van der Waals surface area contributed by atoms with E-state index in [4.69, 9.17) is 5.26 Å². The number of hydrogen-bond acceptors (Lipinski definition) is 6. The van der Waals surface area contributed by atoms with E-state index < -0.39 is 17.5 Å². The lowest BCUT2D eigenvalue weighted by molar-refractivity contribution is -0.137. The summed E-state index contributed by atoms with van der Waals surface area (Å²) in [6, 6.07) is 5.23. The van der Waals surface area contributed by atoms with Crippen LogP contribution in [0, 0.1) is 11.3 Å². The highest BCUT2D eigenvalue weighted by molar-refractivity contribution is 5.84. The van der Waals surface area contributed by atoms with E-state index in [0.29, 0.717) is 23.4 Å². The number of rotatable bonds is 4. The fourth-order valence-corrected chi connectivity index (χ4v) is 4.54. The van der Waals surface area contributed by atoms with Gasteiger partial charge in [0, 0.05) is 23.7 Å². The lowest BCUT2D eigenvalue weighted by Crippen LogP contribution is -2.36. The number of aromatic nitrogens is 4. The van der Waals surface area contributed by atoms with Gasteiger partial charge in [-0.1, -0.05) is 0 Å². The average molecular weight is 442 g/mol. The molecule has 1 aromatic carbocycles. The van der Waals surface area contributed by atoms with Crippen LogP contribution in [0.2, 0.25) is 0 Å². The minimum Gasteiger partial charge on any atom is -0.507 e. The summed E-state index contributed by atoms with van der Waals surface area (Å²) in [5, 5.41) is 28.1. The van der Waals surface area contributed by atoms with Gasteiger partial charge in [0.25, 0.3) is 0 Å². The van der Waals surface area contributed by atoms with Gasteiger partial charge < -0.3 is 9.67 Å². The van der Waals surface area contributed by atoms with Crippen LogP contribution in [0.5, 0.6) is 5.75 Å². The van der Waals surface area contributed by atoms with Crippen molar-refractivity contribution in [1.82, 2.24) is 24.6 Å². The fraction of sp³-hybridized carbons (Fsp3) is 0.455. The molecule has 2 aromatic heterocycles. The molecule has 3 aromatic rings. The van der Waals surface area contributed by atoms with Crippen molar-refractivity contribution in [1.29, 1.82) is 5.26 Å². The smallest absolute Gasteiger partial charge is 0.416 e. The first-order valence-corrected chi connectivity index (χ1v) is 10.6. The number of benzene rings is 1. The van der Waals surface area contributed by atoms with Crippen molar-refractivity contribution >= 4 is 11.2 Å². The van der Waals surface area contributed by atoms with Gasteiger partial charge in [-0.3, -0.25) is 4.90 Å². The summed E-state index contributed by atoms with van der Waals surface area (Å²) in [5.74, 6) is -0.288. The van der Waals surface area contributed by atoms with Crippen LogP contribution in [0.15, 0.2) is 24.5 Å². The second kappa shape index (κ2) is 7.74. The van der Waals surface area contributed by atoms with Gasteiger partial charge in [-0.2, -0.15) is 18.4 Å². The molecule has 10 heteroatoms. The Kier molecular flexibility index (Phi) is 5.01. The molecule has 32 heavy (non-hydrogen) atoms. The van der Waals surface area contributed by atoms with Crippen LogP contribution in [0.1, 0.15) is 48.8 Å². The van der Waals surface area contributed by atoms with Crippen molar-refractivity contribution in [2.24, 2.45) is 0 Å². The molecule has 5 rings (SSSR count). The van der Waals surface area contributed by atoms with E-state index in [-0.39, 0.29) is 17.5 Å². The maximum atomic E-state index is 13.0. The summed E-state index contributed by atoms with van der Waals surface area (Å²) in [4.78, 5) is 6.72. The molecule has 2 aliphatic rings. The van der Waals surface area contributed by atoms with Gasteiger partial charge >= 0.3 is 6.18 Å². The number of phenols is 1. The van der Waals surface area contributed by atoms with Gasteiger partial charge in [0.15, 0.2) is 5.65 Å². The Hall–Kier alpha value is -3.19. The van der Waals surface area contributed by atoms with Crippen molar-refractivity contribution in [2.45, 2.75) is 43.8 Å². The monoisotopic (exact) mass is 442 g/mol. The molecule has 1 atom stereocenters. The third kappa shape index (κ3) is 3.66. The second-order valence-corrected chi connectivity index (χ2v) is 8.48. The summed E-state index contributed by atoms with van der Waals surface area (Å²) in [6.07, 6.45) is 0.968. The summed E-state index contributed by atoms with van der Waals surface area (Å²) >= 11 is 0. The first kappa shape index (κ1) is 20.7. The number of hydrogen-bond donors (Lipinski definition) is 1. The molecule has 166 valence electrons. The number of alkyl halides is 3. The molecular weight excluding hydrogens is 421 g/mol. The van der Waals surface area contributed by atoms with Gasteiger partial charge in [-0.15, -0.1) is 10.2 Å². The highest BCUT2D eigenvalue weighted by atomic mass is 19.4. The molecule has 1 aliphatic heterocycles. The maximum absolute atomic E-state index is 13.0. The zero-order valence-corrected chi connectivity index (χ0v) is 17.2. The van der Waals surface area contributed by atoms with Crippen molar-refractivity contribution in [3.63, 3.8) is 0 Å². The van der Waals surface area contributed by atoms with E-state index in [0.717, 1.165) is 56.5 Å². The van der Waals surface area contributed by atoms with Gasteiger partial charge in [0.1, 0.15) is 17.0 Å². The summed E-state index contributed by atoms with van der Waals surface area (Å²) < 4.78 is 41.0. The Morgan fingerprint density at radius 1 is 1.19 bits per heavy atom. The summed E-state index contributed by atoms with van der Waals surface area (Å²) in [5.41, 5.74) is 1.82. The van der Waals surface area contributed by atoms with Gasteiger partial charge in [-0.05, 0) is 56.3 Å². The molecule has 1 saturated carbocycles. The van der Waals surface area contributed by atoms with E-state index in [1.54, 1.807) is 6.33 Å². The van der Waals surface area contributed by atoms with Crippen LogP contribution in [-0.4, -0.2) is 49.4 Å². The molecular formula is C22H21F3N6O. The largest absolute Gasteiger partial charge is 0.507 e. The summed E-state index contributed by atoms with van der Waals surface area (Å²) in [6.45, 7) is 1.98. The number of phenolic OH excluding ortho intramolecular Hbond substituents is 1. The maximum Gasteiger partial charge on any atom is 0.416 e. The molecule has 0 bridgehead atoms. The Morgan fingerprint density at radius 3 is 2.69 bits per heavy atom. The average Bonchev–Trinajstić information content (AvgIpc) is 3.51. The normalized spacial score (nSPS) is 19.9. The number of imidazole rings is 1. The van der Waals surface area contributed by atoms with Crippen molar-refractivity contribution in [2.75, 3.05) is 19.6 Å². The van der Waals surface area contributed by atoms with Crippen LogP contribution in [-0.2, 0) is 6.18 Å². The Bertz CT molecular complexity index is 1210. The summed E-state index contributed by atoms with van der Waals surface area (Å²) in [7, 11) is 0. The lowest BCUT2D eigenvalue weighted by atomic mass is 9.99. The molecule has 0 spiro atoms. The number of halogens is 3. The fourth-order valence-electron chi connectivity index (χ4n) is 4.54. The number of aromatic hydroxyl groups is 1. The molecule has 1 saturated heterocycles. The van der Waals surface area contributed by atoms with E-state index in [1.165, 1.54) is 6.07 Å². The van der Waals surface area contributed by atoms with E-state index in [1.807, 2.05) is 4.57 Å². The van der Waals surface area contributed by atoms with E-state index in [9.17, 15) is 18.3 Å². The van der Waals surface area contributed by atoms with Gasteiger partial charge in [-0.25, -0.2) is 4.98 Å². The minimum atomic E-state index is -4.54. The zero-order valence-electron chi connectivity index (χ0n) is 17.2. The van der Waals surface area contributed by atoms with Crippen LogP contribution in [0.25, 0.3) is 22.4 Å². The number of nitriles is 1. The van der Waals surface area contributed by atoms with Crippen LogP contribution < -0.4 is 0 Å². The predicted octanol–water partition coefficient (Wildman–Crippen LogP) is 4.26. The van der Waals surface area contributed by atoms with Gasteiger partial charge in [0.2, 0.25) is 0 Å². The van der Waals surface area contributed by atoms with Crippen molar-refractivity contribution in [3.8, 4) is 23.1 Å². The Balaban J connectivity index is 1.57. The molecule has 1 N–H and O–H groups in total. The topological polar surface area (TPSA) is 90.9 Å². The van der Waals surface area contributed by atoms with Crippen LogP contribution in [0.3, 0.4) is 0 Å². The highest BCUT2D eigenvalue weighted by Gasteiger charge is 2.35. The standard InChI is InChI=1S/C22H21F3N6O/c23-22(24,25)14-5-6-16(17(32)10-14)19-18(13-3-4-13)20-21(29-28-19)31(12-27-20)15-2-1-8-30(11-15)9-7-26/h5-6,10,12-13,15,32H,1-4,8-9,11H2/t15-/m1/s1. The molecule has 1 aliphatic carbocycles. The predicted molar refractivity (Wildman–Crippen MR) is 110 cm³/mol. The van der Waals surface area contributed by atoms with Gasteiger partial charge in [0.05, 0.1) is 24.5 Å². The first-order valence-electron chi connectivity index (χ1n) is 10.6. The highest BCUT2D eigenvalue weighted by Crippen LogP contribution is 2.48. The second-order valence-electron chi connectivity index (χ2n) is 8.48. The van der Waals surface area contributed by atoms with Crippen molar-refractivity contribution in [3.05, 3.63) is 35.7 Å². The van der Waals surface area contributed by atoms with E-state index in [2.05, 4.69) is 26.2 Å². The minimum absolute atomic E-state index is 0.119. The molecule has 3 heterocycles. The third-order valence-electron chi connectivity index (χ3n) is 6.26. The molecule has 2 fully saturated rings. The van der Waals surface area contributed by atoms with Crippen molar-refractivity contribution < 1.29 is 18.3 Å². The van der Waals surface area contributed by atoms with Crippen LogP contribution >= 0.6 is 0 Å². The Morgan fingerprint density at radius 2 is 2.00 bits per heavy atom. The first-order chi connectivity index (χ1) is 15.4. The quantitative estimate of drug-likeness (QED) is 0.608. The number of piperidine rings is 1. The van der Waals surface area contributed by atoms with Crippen LogP contribution in [0.4, 0.5) is 13.2 Å².